The van der Waals surface area contributed by atoms with Crippen LogP contribution in [0.1, 0.15) is 32.1 Å². The van der Waals surface area contributed by atoms with Crippen molar-refractivity contribution in [3.63, 3.8) is 0 Å². The number of carbonyl (C=O) groups is 1. The summed E-state index contributed by atoms with van der Waals surface area (Å²) in [4.78, 5) is 15.0. The molecule has 0 aromatic heterocycles. The average Bonchev–Trinajstić information content (AvgIpc) is 3.25. The smallest absolute Gasteiger partial charge is 0.282 e. The maximum atomic E-state index is 13.2. The topological polar surface area (TPSA) is 101 Å². The first-order valence-corrected chi connectivity index (χ1v) is 13.0. The van der Waals surface area contributed by atoms with E-state index in [2.05, 4.69) is 10.2 Å². The Labute approximate surface area is 185 Å². The highest BCUT2D eigenvalue weighted by Crippen LogP contribution is 2.33. The predicted molar refractivity (Wildman–Crippen MR) is 114 cm³/mol. The van der Waals surface area contributed by atoms with Gasteiger partial charge in [-0.3, -0.25) is 9.69 Å². The van der Waals surface area contributed by atoms with Gasteiger partial charge in [-0.25, -0.2) is 0 Å². The van der Waals surface area contributed by atoms with E-state index in [1.54, 1.807) is 0 Å². The molecule has 0 aromatic carbocycles. The third kappa shape index (κ3) is 5.76. The monoisotopic (exact) mass is 460 g/mol. The van der Waals surface area contributed by atoms with E-state index in [0.717, 1.165) is 45.7 Å². The fourth-order valence-corrected chi connectivity index (χ4v) is 6.55. The lowest BCUT2D eigenvalue weighted by Crippen LogP contribution is -2.54. The molecule has 0 aromatic rings. The summed E-state index contributed by atoms with van der Waals surface area (Å²) < 4.78 is 46.1. The molecule has 4 fully saturated rings. The van der Waals surface area contributed by atoms with Crippen LogP contribution in [0.15, 0.2) is 0 Å². The van der Waals surface area contributed by atoms with Crippen molar-refractivity contribution < 1.29 is 27.4 Å². The quantitative estimate of drug-likeness (QED) is 0.517. The van der Waals surface area contributed by atoms with Gasteiger partial charge in [-0.05, 0) is 25.8 Å². The molecule has 0 aliphatic carbocycles. The lowest BCUT2D eigenvalue weighted by Gasteiger charge is -2.40. The van der Waals surface area contributed by atoms with Gasteiger partial charge in [-0.1, -0.05) is 0 Å². The van der Waals surface area contributed by atoms with Crippen LogP contribution in [0.25, 0.3) is 0 Å². The lowest BCUT2D eigenvalue weighted by atomic mass is 9.99. The van der Waals surface area contributed by atoms with E-state index in [4.69, 9.17) is 14.2 Å². The summed E-state index contributed by atoms with van der Waals surface area (Å²) in [5.74, 6) is -0.922. The molecule has 4 aliphatic heterocycles. The van der Waals surface area contributed by atoms with Crippen LogP contribution in [-0.2, 0) is 29.2 Å². The van der Waals surface area contributed by atoms with Crippen LogP contribution in [0.3, 0.4) is 0 Å². The molecule has 11 heteroatoms. The number of hydrogen-bond donors (Lipinski definition) is 1. The van der Waals surface area contributed by atoms with Crippen molar-refractivity contribution in [1.29, 1.82) is 0 Å². The Hall–Kier alpha value is -0.820. The molecule has 1 atom stereocenters. The highest BCUT2D eigenvalue weighted by atomic mass is 32.2. The molecule has 1 unspecified atom stereocenters. The number of rotatable bonds is 7. The number of ether oxygens (including phenoxy) is 3. The molecular formula is C20H36N4O6S. The molecule has 0 radical (unpaired) electrons. The third-order valence-electron chi connectivity index (χ3n) is 6.76. The minimum Gasteiger partial charge on any atom is -0.379 e. The van der Waals surface area contributed by atoms with Gasteiger partial charge in [0.25, 0.3) is 10.2 Å². The second kappa shape index (κ2) is 10.4. The molecule has 10 nitrogen and oxygen atoms in total. The maximum absolute atomic E-state index is 13.2. The molecule has 4 heterocycles. The highest BCUT2D eigenvalue weighted by molar-refractivity contribution is 7.86. The van der Waals surface area contributed by atoms with Gasteiger partial charge < -0.3 is 19.5 Å². The van der Waals surface area contributed by atoms with E-state index in [9.17, 15) is 13.2 Å². The van der Waals surface area contributed by atoms with Crippen molar-refractivity contribution in [1.82, 2.24) is 18.8 Å². The summed E-state index contributed by atoms with van der Waals surface area (Å²) in [5.41, 5.74) is 0. The van der Waals surface area contributed by atoms with Crippen LogP contribution >= 0.6 is 0 Å². The lowest BCUT2D eigenvalue weighted by molar-refractivity contribution is -0.179. The van der Waals surface area contributed by atoms with Crippen molar-refractivity contribution in [3.8, 4) is 0 Å². The standard InChI is InChI=1S/C20H36N4O6S/c25-19(21-6-2-7-22-11-13-28-14-12-22)18-3-1-8-24(17-18)31(26,27)23-9-4-20(5-10-23)29-15-16-30-20/h18H,1-17H2,(H,21,25). The molecule has 178 valence electrons. The minimum absolute atomic E-state index is 0.0350. The molecule has 4 rings (SSSR count). The fraction of sp³-hybridized carbons (Fsp3) is 0.950. The summed E-state index contributed by atoms with van der Waals surface area (Å²) in [6.45, 7) is 7.64. The first kappa shape index (κ1) is 23.3. The second-order valence-electron chi connectivity index (χ2n) is 8.81. The Morgan fingerprint density at radius 1 is 0.968 bits per heavy atom. The Morgan fingerprint density at radius 2 is 1.68 bits per heavy atom. The zero-order chi connectivity index (χ0) is 21.7. The molecule has 4 aliphatic rings. The van der Waals surface area contributed by atoms with Crippen LogP contribution in [0.2, 0.25) is 0 Å². The van der Waals surface area contributed by atoms with E-state index in [-0.39, 0.29) is 18.4 Å². The third-order valence-corrected chi connectivity index (χ3v) is 8.76. The van der Waals surface area contributed by atoms with Crippen LogP contribution in [-0.4, -0.2) is 112 Å². The Bertz CT molecular complexity index is 698. The number of nitrogens with one attached hydrogen (secondary N) is 1. The Kier molecular flexibility index (Phi) is 7.84. The molecular weight excluding hydrogens is 424 g/mol. The van der Waals surface area contributed by atoms with E-state index in [0.29, 0.717) is 58.7 Å². The molecule has 0 saturated carbocycles. The minimum atomic E-state index is -3.58. The average molecular weight is 461 g/mol. The van der Waals surface area contributed by atoms with Crippen molar-refractivity contribution in [3.05, 3.63) is 0 Å². The van der Waals surface area contributed by atoms with Gasteiger partial charge >= 0.3 is 0 Å². The SMILES string of the molecule is O=C(NCCCN1CCOCC1)C1CCCN(S(=O)(=O)N2CCC3(CC2)OCCO3)C1. The van der Waals surface area contributed by atoms with Crippen LogP contribution in [0.4, 0.5) is 0 Å². The van der Waals surface area contributed by atoms with Gasteiger partial charge in [-0.15, -0.1) is 0 Å². The maximum Gasteiger partial charge on any atom is 0.282 e. The van der Waals surface area contributed by atoms with Crippen LogP contribution in [0.5, 0.6) is 0 Å². The zero-order valence-corrected chi connectivity index (χ0v) is 19.1. The van der Waals surface area contributed by atoms with Crippen molar-refractivity contribution in [2.75, 3.05) is 78.8 Å². The highest BCUT2D eigenvalue weighted by Gasteiger charge is 2.44. The summed E-state index contributed by atoms with van der Waals surface area (Å²) in [6, 6.07) is 0. The van der Waals surface area contributed by atoms with E-state index in [1.165, 1.54) is 8.61 Å². The molecule has 1 N–H and O–H groups in total. The first-order valence-electron chi connectivity index (χ1n) is 11.6. The second-order valence-corrected chi connectivity index (χ2v) is 10.7. The predicted octanol–water partition coefficient (Wildman–Crippen LogP) is -0.379. The van der Waals surface area contributed by atoms with Crippen molar-refractivity contribution >= 4 is 16.1 Å². The summed E-state index contributed by atoms with van der Waals surface area (Å²) in [7, 11) is -3.58. The van der Waals surface area contributed by atoms with Crippen LogP contribution < -0.4 is 5.32 Å². The van der Waals surface area contributed by atoms with Crippen molar-refractivity contribution in [2.24, 2.45) is 5.92 Å². The fourth-order valence-electron chi connectivity index (χ4n) is 4.86. The number of morpholine rings is 1. The molecule has 31 heavy (non-hydrogen) atoms. The molecule has 1 amide bonds. The number of amides is 1. The molecule has 0 bridgehead atoms. The number of carbonyl (C=O) groups excluding carboxylic acids is 1. The summed E-state index contributed by atoms with van der Waals surface area (Å²) >= 11 is 0. The van der Waals surface area contributed by atoms with Gasteiger partial charge in [-0.2, -0.15) is 17.0 Å². The zero-order valence-electron chi connectivity index (χ0n) is 18.3. The van der Waals surface area contributed by atoms with Gasteiger partial charge in [0.1, 0.15) is 0 Å². The van der Waals surface area contributed by atoms with Gasteiger partial charge in [0.05, 0.1) is 32.3 Å². The van der Waals surface area contributed by atoms with E-state index >= 15 is 0 Å². The normalized spacial score (nSPS) is 28.7. The molecule has 1 spiro atoms. The van der Waals surface area contributed by atoms with Crippen molar-refractivity contribution in [2.45, 2.75) is 37.9 Å². The number of nitrogens with zero attached hydrogens (tertiary/aromatic N) is 3. The summed E-state index contributed by atoms with van der Waals surface area (Å²) in [6.07, 6.45) is 3.42. The van der Waals surface area contributed by atoms with Gasteiger partial charge in [0.2, 0.25) is 5.91 Å². The first-order chi connectivity index (χ1) is 15.0. The number of hydrogen-bond acceptors (Lipinski definition) is 7. The Balaban J connectivity index is 1.22. The van der Waals surface area contributed by atoms with E-state index in [1.807, 2.05) is 0 Å². The Morgan fingerprint density at radius 3 is 2.39 bits per heavy atom. The molecule has 4 saturated heterocycles. The van der Waals surface area contributed by atoms with Gasteiger partial charge in [0, 0.05) is 58.7 Å². The van der Waals surface area contributed by atoms with Crippen LogP contribution in [0, 0.1) is 5.92 Å². The summed E-state index contributed by atoms with van der Waals surface area (Å²) in [5, 5.41) is 3.01. The van der Waals surface area contributed by atoms with Gasteiger partial charge in [0.15, 0.2) is 5.79 Å². The largest absolute Gasteiger partial charge is 0.379 e. The number of piperidine rings is 2. The van der Waals surface area contributed by atoms with E-state index < -0.39 is 16.0 Å².